The van der Waals surface area contributed by atoms with Crippen LogP contribution < -0.4 is 0 Å². The van der Waals surface area contributed by atoms with Crippen LogP contribution in [0, 0.1) is 13.8 Å². The van der Waals surface area contributed by atoms with E-state index in [0.29, 0.717) is 5.88 Å². The average molecular weight is 224 g/mol. The van der Waals surface area contributed by atoms with Crippen molar-refractivity contribution in [3.05, 3.63) is 34.9 Å². The fourth-order valence-electron chi connectivity index (χ4n) is 1.73. The van der Waals surface area contributed by atoms with Crippen molar-refractivity contribution >= 4 is 17.3 Å². The van der Waals surface area contributed by atoms with Crippen LogP contribution in [0.5, 0.6) is 0 Å². The Morgan fingerprint density at radius 3 is 2.93 bits per heavy atom. The zero-order chi connectivity index (χ0) is 10.8. The molecule has 0 amide bonds. The lowest BCUT2D eigenvalue weighted by molar-refractivity contribution is 0.102. The fraction of sp³-hybridized carbons (Fsp3) is 0.417. The molecule has 1 aromatic rings. The number of aryl methyl sites for hydroxylation is 1. The van der Waals surface area contributed by atoms with E-state index in [9.17, 15) is 0 Å². The first kappa shape index (κ1) is 10.5. The van der Waals surface area contributed by atoms with Crippen LogP contribution >= 0.6 is 11.6 Å². The molecular formula is C12H14ClNO. The van der Waals surface area contributed by atoms with E-state index in [0.717, 1.165) is 12.1 Å². The lowest BCUT2D eigenvalue weighted by atomic mass is 9.97. The highest BCUT2D eigenvalue weighted by Crippen LogP contribution is 2.21. The normalized spacial score (nSPS) is 19.9. The van der Waals surface area contributed by atoms with Crippen LogP contribution in [0.4, 0.5) is 0 Å². The highest BCUT2D eigenvalue weighted by Gasteiger charge is 2.22. The van der Waals surface area contributed by atoms with Gasteiger partial charge in [-0.05, 0) is 25.0 Å². The minimum atomic E-state index is 0.0431. The summed E-state index contributed by atoms with van der Waals surface area (Å²) < 4.78 is 0. The number of rotatable bonds is 2. The summed E-state index contributed by atoms with van der Waals surface area (Å²) in [6, 6.07) is 6.24. The van der Waals surface area contributed by atoms with Crippen LogP contribution in [0.15, 0.2) is 23.4 Å². The Morgan fingerprint density at radius 2 is 2.27 bits per heavy atom. The summed E-state index contributed by atoms with van der Waals surface area (Å²) in [5.74, 6) is 0.498. The highest BCUT2D eigenvalue weighted by molar-refractivity contribution is 6.18. The molecule has 0 N–H and O–H groups in total. The van der Waals surface area contributed by atoms with Gasteiger partial charge < -0.3 is 4.84 Å². The third kappa shape index (κ3) is 2.00. The summed E-state index contributed by atoms with van der Waals surface area (Å²) in [5.41, 5.74) is 4.75. The summed E-state index contributed by atoms with van der Waals surface area (Å²) in [6.07, 6.45) is 0.856. The molecule has 1 atom stereocenters. The van der Waals surface area contributed by atoms with Crippen molar-refractivity contribution in [2.45, 2.75) is 26.4 Å². The summed E-state index contributed by atoms with van der Waals surface area (Å²) in [4.78, 5) is 5.22. The van der Waals surface area contributed by atoms with E-state index >= 15 is 0 Å². The van der Waals surface area contributed by atoms with Gasteiger partial charge in [0.25, 0.3) is 0 Å². The molecule has 2 rings (SSSR count). The first-order chi connectivity index (χ1) is 7.22. The monoisotopic (exact) mass is 223 g/mol. The molecule has 0 saturated carbocycles. The molecule has 0 spiro atoms. The molecule has 0 bridgehead atoms. The number of oxime groups is 1. The zero-order valence-corrected chi connectivity index (χ0v) is 9.71. The van der Waals surface area contributed by atoms with Gasteiger partial charge in [0, 0.05) is 12.0 Å². The molecule has 0 radical (unpaired) electrons. The average Bonchev–Trinajstić information content (AvgIpc) is 2.70. The highest BCUT2D eigenvalue weighted by atomic mass is 35.5. The first-order valence-corrected chi connectivity index (χ1v) is 5.61. The maximum atomic E-state index is 5.73. The van der Waals surface area contributed by atoms with Crippen LogP contribution in [0.3, 0.4) is 0 Å². The van der Waals surface area contributed by atoms with Gasteiger partial charge in [-0.25, -0.2) is 0 Å². The SMILES string of the molecule is Cc1cccc(C2=NOC(CCl)C2)c1C. The topological polar surface area (TPSA) is 21.6 Å². The minimum absolute atomic E-state index is 0.0431. The number of benzene rings is 1. The molecule has 0 aliphatic carbocycles. The van der Waals surface area contributed by atoms with Crippen molar-refractivity contribution in [2.24, 2.45) is 5.16 Å². The van der Waals surface area contributed by atoms with Gasteiger partial charge in [-0.2, -0.15) is 0 Å². The third-order valence-corrected chi connectivity index (χ3v) is 3.16. The molecule has 1 heterocycles. The Labute approximate surface area is 94.9 Å². The van der Waals surface area contributed by atoms with Crippen molar-refractivity contribution < 1.29 is 4.84 Å². The molecule has 0 aromatic heterocycles. The van der Waals surface area contributed by atoms with Crippen LogP contribution in [0.2, 0.25) is 0 Å². The lowest BCUT2D eigenvalue weighted by Crippen LogP contribution is -2.10. The number of alkyl halides is 1. The molecule has 1 unspecified atom stereocenters. The smallest absolute Gasteiger partial charge is 0.146 e. The van der Waals surface area contributed by atoms with Gasteiger partial charge in [0.15, 0.2) is 0 Å². The fourth-order valence-corrected chi connectivity index (χ4v) is 1.90. The molecule has 15 heavy (non-hydrogen) atoms. The molecule has 0 saturated heterocycles. The zero-order valence-electron chi connectivity index (χ0n) is 8.96. The molecule has 80 valence electrons. The summed E-state index contributed by atoms with van der Waals surface area (Å²) in [6.45, 7) is 4.22. The Morgan fingerprint density at radius 1 is 1.47 bits per heavy atom. The largest absolute Gasteiger partial charge is 0.391 e. The van der Waals surface area contributed by atoms with Crippen molar-refractivity contribution in [1.82, 2.24) is 0 Å². The summed E-state index contributed by atoms with van der Waals surface area (Å²) in [7, 11) is 0. The molecule has 1 aliphatic rings. The van der Waals surface area contributed by atoms with E-state index in [2.05, 4.69) is 31.1 Å². The standard InChI is InChI=1S/C12H14ClNO/c1-8-4-3-5-11(9(8)2)12-6-10(7-13)15-14-12/h3-5,10H,6-7H2,1-2H3. The molecule has 3 heteroatoms. The molecule has 0 fully saturated rings. The predicted octanol–water partition coefficient (Wildman–Crippen LogP) is 3.04. The second-order valence-electron chi connectivity index (χ2n) is 3.87. The maximum Gasteiger partial charge on any atom is 0.146 e. The number of nitrogens with zero attached hydrogens (tertiary/aromatic N) is 1. The Balaban J connectivity index is 2.28. The Hall–Kier alpha value is -1.02. The van der Waals surface area contributed by atoms with Gasteiger partial charge in [0.1, 0.15) is 6.10 Å². The third-order valence-electron chi connectivity index (χ3n) is 2.82. The number of hydrogen-bond donors (Lipinski definition) is 0. The summed E-state index contributed by atoms with van der Waals surface area (Å²) >= 11 is 5.73. The minimum Gasteiger partial charge on any atom is -0.391 e. The van der Waals surface area contributed by atoms with Gasteiger partial charge >= 0.3 is 0 Å². The molecule has 1 aromatic carbocycles. The van der Waals surface area contributed by atoms with Gasteiger partial charge in [-0.1, -0.05) is 23.4 Å². The van der Waals surface area contributed by atoms with E-state index in [1.54, 1.807) is 0 Å². The van der Waals surface area contributed by atoms with E-state index in [-0.39, 0.29) is 6.10 Å². The molecule has 1 aliphatic heterocycles. The van der Waals surface area contributed by atoms with E-state index in [1.165, 1.54) is 16.7 Å². The predicted molar refractivity (Wildman–Crippen MR) is 62.7 cm³/mol. The van der Waals surface area contributed by atoms with Crippen LogP contribution in [0.1, 0.15) is 23.1 Å². The van der Waals surface area contributed by atoms with E-state index in [1.807, 2.05) is 6.07 Å². The van der Waals surface area contributed by atoms with Crippen molar-refractivity contribution in [3.8, 4) is 0 Å². The maximum absolute atomic E-state index is 5.73. The quantitative estimate of drug-likeness (QED) is 0.707. The number of halogens is 1. The van der Waals surface area contributed by atoms with Gasteiger partial charge in [-0.3, -0.25) is 0 Å². The van der Waals surface area contributed by atoms with Crippen LogP contribution in [-0.4, -0.2) is 17.7 Å². The Kier molecular flexibility index (Phi) is 2.96. The number of hydrogen-bond acceptors (Lipinski definition) is 2. The van der Waals surface area contributed by atoms with Gasteiger partial charge in [0.2, 0.25) is 0 Å². The van der Waals surface area contributed by atoms with Crippen molar-refractivity contribution in [3.63, 3.8) is 0 Å². The van der Waals surface area contributed by atoms with Gasteiger partial charge in [0.05, 0.1) is 11.6 Å². The van der Waals surface area contributed by atoms with Crippen LogP contribution in [0.25, 0.3) is 0 Å². The Bertz CT molecular complexity index is 401. The van der Waals surface area contributed by atoms with E-state index in [4.69, 9.17) is 16.4 Å². The summed E-state index contributed by atoms with van der Waals surface area (Å²) in [5, 5.41) is 4.09. The van der Waals surface area contributed by atoms with Gasteiger partial charge in [-0.15, -0.1) is 11.6 Å². The van der Waals surface area contributed by atoms with Crippen molar-refractivity contribution in [2.75, 3.05) is 5.88 Å². The van der Waals surface area contributed by atoms with E-state index < -0.39 is 0 Å². The lowest BCUT2D eigenvalue weighted by Gasteiger charge is -2.07. The van der Waals surface area contributed by atoms with Crippen LogP contribution in [-0.2, 0) is 4.84 Å². The first-order valence-electron chi connectivity index (χ1n) is 5.07. The second kappa shape index (κ2) is 4.23. The van der Waals surface area contributed by atoms with Crippen molar-refractivity contribution in [1.29, 1.82) is 0 Å². The second-order valence-corrected chi connectivity index (χ2v) is 4.18. The molecular weight excluding hydrogens is 210 g/mol. The molecule has 2 nitrogen and oxygen atoms in total.